The molecule has 0 unspecified atom stereocenters. The van der Waals surface area contributed by atoms with Crippen LogP contribution >= 0.6 is 11.6 Å². The molecule has 120 valence electrons. The smallest absolute Gasteiger partial charge is 0.285 e. The summed E-state index contributed by atoms with van der Waals surface area (Å²) in [5.74, 6) is 0. The number of benzene rings is 1. The van der Waals surface area contributed by atoms with E-state index in [2.05, 4.69) is 37.8 Å². The van der Waals surface area contributed by atoms with Crippen LogP contribution in [-0.4, -0.2) is 29.5 Å². The number of nitrogens with one attached hydrogen (secondary N) is 2. The summed E-state index contributed by atoms with van der Waals surface area (Å²) in [5, 5.41) is 10.1. The van der Waals surface area contributed by atoms with Crippen molar-refractivity contribution >= 4 is 29.2 Å². The Labute approximate surface area is 139 Å². The van der Waals surface area contributed by atoms with Gasteiger partial charge in [0.05, 0.1) is 12.4 Å². The predicted molar refractivity (Wildman–Crippen MR) is 93.6 cm³/mol. The lowest BCUT2D eigenvalue weighted by molar-refractivity contribution is 0.578. The van der Waals surface area contributed by atoms with Gasteiger partial charge in [0, 0.05) is 18.8 Å². The quantitative estimate of drug-likeness (QED) is 0.667. The van der Waals surface area contributed by atoms with Crippen LogP contribution in [0.1, 0.15) is 24.8 Å². The number of rotatable bonds is 4. The third-order valence-corrected chi connectivity index (χ3v) is 4.18. The van der Waals surface area contributed by atoms with Crippen molar-refractivity contribution in [1.82, 2.24) is 10.2 Å². The van der Waals surface area contributed by atoms with E-state index in [4.69, 9.17) is 11.6 Å². The lowest BCUT2D eigenvalue weighted by Gasteiger charge is -2.28. The molecule has 2 N–H and O–H groups in total. The zero-order valence-corrected chi connectivity index (χ0v) is 13.4. The van der Waals surface area contributed by atoms with Gasteiger partial charge in [0.1, 0.15) is 10.7 Å². The Morgan fingerprint density at radius 2 is 1.96 bits per heavy atom. The van der Waals surface area contributed by atoms with Crippen molar-refractivity contribution in [1.29, 1.82) is 0 Å². The molecule has 0 atom stereocenters. The van der Waals surface area contributed by atoms with E-state index in [0.29, 0.717) is 5.69 Å². The molecule has 1 saturated heterocycles. The standard InChI is InChI=1S/C16H18ClN5O/c17-15-14(11-19-21-16(15)23)20-18-10-12-4-6-13(7-5-12)22-8-2-1-3-9-22/h4-7,10-11H,1-3,8-9H2,(H2,20,21,23)/b18-10-. The first-order valence-electron chi connectivity index (χ1n) is 7.61. The maximum Gasteiger partial charge on any atom is 0.285 e. The number of hydrogen-bond donors (Lipinski definition) is 2. The van der Waals surface area contributed by atoms with Gasteiger partial charge >= 0.3 is 0 Å². The molecule has 6 nitrogen and oxygen atoms in total. The maximum atomic E-state index is 11.3. The highest BCUT2D eigenvalue weighted by molar-refractivity contribution is 6.32. The summed E-state index contributed by atoms with van der Waals surface area (Å²) < 4.78 is 0. The van der Waals surface area contributed by atoms with Crippen molar-refractivity contribution in [2.24, 2.45) is 5.10 Å². The van der Waals surface area contributed by atoms with Crippen LogP contribution in [0.3, 0.4) is 0 Å². The number of H-pyrrole nitrogens is 1. The minimum absolute atomic E-state index is 0.0394. The summed E-state index contributed by atoms with van der Waals surface area (Å²) in [6, 6.07) is 8.25. The molecule has 0 bridgehead atoms. The van der Waals surface area contributed by atoms with Crippen LogP contribution in [0.2, 0.25) is 5.02 Å². The van der Waals surface area contributed by atoms with Gasteiger partial charge < -0.3 is 4.90 Å². The van der Waals surface area contributed by atoms with Crippen LogP contribution in [0.5, 0.6) is 0 Å². The highest BCUT2D eigenvalue weighted by Gasteiger charge is 2.10. The summed E-state index contributed by atoms with van der Waals surface area (Å²) >= 11 is 5.86. The molecule has 23 heavy (non-hydrogen) atoms. The third-order valence-electron chi connectivity index (χ3n) is 3.81. The molecule has 7 heteroatoms. The van der Waals surface area contributed by atoms with Crippen LogP contribution in [-0.2, 0) is 0 Å². The molecule has 0 spiro atoms. The van der Waals surface area contributed by atoms with E-state index in [0.717, 1.165) is 18.7 Å². The molecule has 2 heterocycles. The molecule has 1 aromatic carbocycles. The number of halogens is 1. The number of anilines is 2. The van der Waals surface area contributed by atoms with Crippen LogP contribution in [0.15, 0.2) is 40.4 Å². The highest BCUT2D eigenvalue weighted by Crippen LogP contribution is 2.20. The number of aromatic nitrogens is 2. The van der Waals surface area contributed by atoms with Gasteiger partial charge in [-0.3, -0.25) is 10.2 Å². The third kappa shape index (κ3) is 3.90. The van der Waals surface area contributed by atoms with E-state index in [1.165, 1.54) is 31.1 Å². The van der Waals surface area contributed by atoms with Gasteiger partial charge in [-0.15, -0.1) is 0 Å². The lowest BCUT2D eigenvalue weighted by Crippen LogP contribution is -2.29. The topological polar surface area (TPSA) is 73.4 Å². The van der Waals surface area contributed by atoms with Gasteiger partial charge in [0.25, 0.3) is 5.56 Å². The van der Waals surface area contributed by atoms with Crippen molar-refractivity contribution in [3.63, 3.8) is 0 Å². The van der Waals surface area contributed by atoms with Crippen molar-refractivity contribution in [3.05, 3.63) is 51.4 Å². The van der Waals surface area contributed by atoms with Gasteiger partial charge in [0.2, 0.25) is 0 Å². The second-order valence-electron chi connectivity index (χ2n) is 5.44. The zero-order chi connectivity index (χ0) is 16.1. The summed E-state index contributed by atoms with van der Waals surface area (Å²) in [4.78, 5) is 13.7. The maximum absolute atomic E-state index is 11.3. The molecule has 0 saturated carbocycles. The molecule has 1 aromatic heterocycles. The van der Waals surface area contributed by atoms with Gasteiger partial charge in [-0.2, -0.15) is 10.2 Å². The van der Waals surface area contributed by atoms with Gasteiger partial charge in [-0.1, -0.05) is 23.7 Å². The average molecular weight is 332 g/mol. The summed E-state index contributed by atoms with van der Waals surface area (Å²) in [6.07, 6.45) is 6.95. The van der Waals surface area contributed by atoms with Gasteiger partial charge in [-0.25, -0.2) is 5.10 Å². The van der Waals surface area contributed by atoms with E-state index in [1.54, 1.807) is 6.21 Å². The molecule has 1 aliphatic heterocycles. The summed E-state index contributed by atoms with van der Waals surface area (Å²) in [6.45, 7) is 2.26. The molecule has 0 aliphatic carbocycles. The number of piperidine rings is 1. The molecular formula is C16H18ClN5O. The second-order valence-corrected chi connectivity index (χ2v) is 5.81. The zero-order valence-electron chi connectivity index (χ0n) is 12.6. The predicted octanol–water partition coefficient (Wildman–Crippen LogP) is 2.86. The lowest BCUT2D eigenvalue weighted by atomic mass is 10.1. The Morgan fingerprint density at radius 3 is 2.70 bits per heavy atom. The SMILES string of the molecule is O=c1[nH]ncc(N/N=C\c2ccc(N3CCCCC3)cc2)c1Cl. The molecule has 0 amide bonds. The van der Waals surface area contributed by atoms with Crippen LogP contribution in [0.25, 0.3) is 0 Å². The van der Waals surface area contributed by atoms with Crippen molar-refractivity contribution in [3.8, 4) is 0 Å². The first kappa shape index (κ1) is 15.6. The Bertz CT molecular complexity index is 735. The highest BCUT2D eigenvalue weighted by atomic mass is 35.5. The minimum atomic E-state index is -0.447. The van der Waals surface area contributed by atoms with Crippen LogP contribution in [0, 0.1) is 0 Å². The number of aromatic amines is 1. The van der Waals surface area contributed by atoms with Crippen LogP contribution in [0.4, 0.5) is 11.4 Å². The first-order valence-corrected chi connectivity index (χ1v) is 7.99. The average Bonchev–Trinajstić information content (AvgIpc) is 2.60. The first-order chi connectivity index (χ1) is 11.2. The van der Waals surface area contributed by atoms with Crippen LogP contribution < -0.4 is 15.9 Å². The molecule has 2 aromatic rings. The minimum Gasteiger partial charge on any atom is -0.372 e. The van der Waals surface area contributed by atoms with E-state index < -0.39 is 5.56 Å². The molecule has 1 aliphatic rings. The Balaban J connectivity index is 1.63. The Hall–Kier alpha value is -2.34. The normalized spacial score (nSPS) is 15.1. The fourth-order valence-corrected chi connectivity index (χ4v) is 2.69. The van der Waals surface area contributed by atoms with Crippen molar-refractivity contribution < 1.29 is 0 Å². The largest absolute Gasteiger partial charge is 0.372 e. The monoisotopic (exact) mass is 331 g/mol. The van der Waals surface area contributed by atoms with Crippen molar-refractivity contribution in [2.45, 2.75) is 19.3 Å². The van der Waals surface area contributed by atoms with Crippen molar-refractivity contribution in [2.75, 3.05) is 23.4 Å². The van der Waals surface area contributed by atoms with Gasteiger partial charge in [-0.05, 0) is 37.0 Å². The number of hydrazone groups is 1. The van der Waals surface area contributed by atoms with E-state index in [1.807, 2.05) is 12.1 Å². The Morgan fingerprint density at radius 1 is 1.22 bits per heavy atom. The van der Waals surface area contributed by atoms with E-state index >= 15 is 0 Å². The van der Waals surface area contributed by atoms with E-state index in [-0.39, 0.29) is 5.02 Å². The molecule has 0 radical (unpaired) electrons. The molecular weight excluding hydrogens is 314 g/mol. The fraction of sp³-hybridized carbons (Fsp3) is 0.312. The molecule has 3 rings (SSSR count). The second kappa shape index (κ2) is 7.28. The summed E-state index contributed by atoms with van der Waals surface area (Å²) in [5.41, 5.74) is 4.86. The number of hydrogen-bond acceptors (Lipinski definition) is 5. The molecule has 1 fully saturated rings. The van der Waals surface area contributed by atoms with Gasteiger partial charge in [0.15, 0.2) is 0 Å². The number of nitrogens with zero attached hydrogens (tertiary/aromatic N) is 3. The fourth-order valence-electron chi connectivity index (χ4n) is 2.56. The Kier molecular flexibility index (Phi) is 4.92. The summed E-state index contributed by atoms with van der Waals surface area (Å²) in [7, 11) is 0. The van der Waals surface area contributed by atoms with E-state index in [9.17, 15) is 4.79 Å².